The molecule has 0 saturated carbocycles. The van der Waals surface area contributed by atoms with Crippen LogP contribution in [-0.4, -0.2) is 31.3 Å². The van der Waals surface area contributed by atoms with Gasteiger partial charge in [0.1, 0.15) is 0 Å². The standard InChI is InChI=1S/C14H27N3OS/c1-5-11(4)13-12(10-15)19-14(16-13)17(6-2)8-9-18-7-3/h11H,5-10,15H2,1-4H3. The van der Waals surface area contributed by atoms with Crippen LogP contribution in [0.3, 0.4) is 0 Å². The second-order valence-electron chi connectivity index (χ2n) is 4.59. The summed E-state index contributed by atoms with van der Waals surface area (Å²) in [6.07, 6.45) is 1.10. The van der Waals surface area contributed by atoms with Crippen LogP contribution in [0.2, 0.25) is 0 Å². The lowest BCUT2D eigenvalue weighted by molar-refractivity contribution is 0.154. The van der Waals surface area contributed by atoms with Gasteiger partial charge in [-0.2, -0.15) is 0 Å². The summed E-state index contributed by atoms with van der Waals surface area (Å²) in [4.78, 5) is 8.30. The molecule has 1 aromatic rings. The van der Waals surface area contributed by atoms with E-state index < -0.39 is 0 Å². The van der Waals surface area contributed by atoms with Gasteiger partial charge in [-0.05, 0) is 26.2 Å². The van der Waals surface area contributed by atoms with Gasteiger partial charge in [0, 0.05) is 31.1 Å². The molecule has 0 fully saturated rings. The molecule has 0 aromatic carbocycles. The smallest absolute Gasteiger partial charge is 0.185 e. The molecule has 2 N–H and O–H groups in total. The maximum Gasteiger partial charge on any atom is 0.185 e. The van der Waals surface area contributed by atoms with Crippen molar-refractivity contribution in [3.63, 3.8) is 0 Å². The van der Waals surface area contributed by atoms with Crippen LogP contribution >= 0.6 is 11.3 Å². The molecule has 0 aliphatic carbocycles. The van der Waals surface area contributed by atoms with Gasteiger partial charge in [0.2, 0.25) is 0 Å². The minimum atomic E-state index is 0.481. The molecule has 110 valence electrons. The van der Waals surface area contributed by atoms with Gasteiger partial charge in [-0.15, -0.1) is 11.3 Å². The third-order valence-electron chi connectivity index (χ3n) is 3.34. The van der Waals surface area contributed by atoms with Crippen molar-refractivity contribution in [2.24, 2.45) is 5.73 Å². The Morgan fingerprint density at radius 3 is 2.63 bits per heavy atom. The van der Waals surface area contributed by atoms with Crippen molar-refractivity contribution in [3.8, 4) is 0 Å². The van der Waals surface area contributed by atoms with Crippen LogP contribution in [-0.2, 0) is 11.3 Å². The van der Waals surface area contributed by atoms with Crippen LogP contribution in [0.4, 0.5) is 5.13 Å². The molecule has 0 aliphatic rings. The van der Waals surface area contributed by atoms with Crippen LogP contribution < -0.4 is 10.6 Å². The quantitative estimate of drug-likeness (QED) is 0.709. The first kappa shape index (κ1) is 16.4. The number of hydrogen-bond acceptors (Lipinski definition) is 5. The normalized spacial score (nSPS) is 12.7. The second kappa shape index (κ2) is 8.51. The van der Waals surface area contributed by atoms with Crippen molar-refractivity contribution in [2.45, 2.75) is 46.6 Å². The molecule has 0 bridgehead atoms. The Labute approximate surface area is 121 Å². The van der Waals surface area contributed by atoms with Gasteiger partial charge in [0.25, 0.3) is 0 Å². The lowest BCUT2D eigenvalue weighted by Gasteiger charge is -2.19. The molecule has 5 heteroatoms. The minimum Gasteiger partial charge on any atom is -0.380 e. The predicted molar refractivity (Wildman–Crippen MR) is 83.1 cm³/mol. The molecule has 1 unspecified atom stereocenters. The van der Waals surface area contributed by atoms with E-state index in [1.54, 1.807) is 11.3 Å². The number of ether oxygens (including phenoxy) is 1. The van der Waals surface area contributed by atoms with Crippen LogP contribution in [0.5, 0.6) is 0 Å². The first-order valence-electron chi connectivity index (χ1n) is 7.20. The topological polar surface area (TPSA) is 51.4 Å². The van der Waals surface area contributed by atoms with Crippen LogP contribution in [0, 0.1) is 0 Å². The van der Waals surface area contributed by atoms with Crippen molar-refractivity contribution >= 4 is 16.5 Å². The number of nitrogens with two attached hydrogens (primary N) is 1. The van der Waals surface area contributed by atoms with E-state index in [1.165, 1.54) is 10.6 Å². The summed E-state index contributed by atoms with van der Waals surface area (Å²) in [5.74, 6) is 0.481. The van der Waals surface area contributed by atoms with Crippen molar-refractivity contribution in [2.75, 3.05) is 31.2 Å². The number of aromatic nitrogens is 1. The van der Waals surface area contributed by atoms with Crippen LogP contribution in [0.25, 0.3) is 0 Å². The molecule has 0 radical (unpaired) electrons. The number of anilines is 1. The number of thiazole rings is 1. The second-order valence-corrected chi connectivity index (χ2v) is 5.66. The Bertz CT molecular complexity index is 368. The van der Waals surface area contributed by atoms with E-state index >= 15 is 0 Å². The van der Waals surface area contributed by atoms with Crippen LogP contribution in [0.15, 0.2) is 0 Å². The maximum absolute atomic E-state index is 5.85. The van der Waals surface area contributed by atoms with E-state index in [0.29, 0.717) is 12.5 Å². The summed E-state index contributed by atoms with van der Waals surface area (Å²) < 4.78 is 5.43. The zero-order valence-electron chi connectivity index (χ0n) is 12.6. The van der Waals surface area contributed by atoms with Gasteiger partial charge in [-0.1, -0.05) is 13.8 Å². The van der Waals surface area contributed by atoms with Crippen molar-refractivity contribution in [1.29, 1.82) is 0 Å². The molecule has 0 saturated heterocycles. The highest BCUT2D eigenvalue weighted by Gasteiger charge is 2.17. The van der Waals surface area contributed by atoms with Gasteiger partial charge in [-0.3, -0.25) is 0 Å². The molecular weight excluding hydrogens is 258 g/mol. The molecule has 1 heterocycles. The summed E-state index contributed by atoms with van der Waals surface area (Å²) in [6.45, 7) is 12.5. The summed E-state index contributed by atoms with van der Waals surface area (Å²) in [7, 11) is 0. The first-order chi connectivity index (χ1) is 9.17. The molecule has 0 spiro atoms. The lowest BCUT2D eigenvalue weighted by atomic mass is 10.0. The minimum absolute atomic E-state index is 0.481. The maximum atomic E-state index is 5.85. The van der Waals surface area contributed by atoms with Gasteiger partial charge in [-0.25, -0.2) is 4.98 Å². The fourth-order valence-electron chi connectivity index (χ4n) is 1.92. The van der Waals surface area contributed by atoms with Crippen LogP contribution in [0.1, 0.15) is 50.6 Å². The summed E-state index contributed by atoms with van der Waals surface area (Å²) >= 11 is 1.73. The molecule has 1 aromatic heterocycles. The SMILES string of the molecule is CCOCCN(CC)c1nc(C(C)CC)c(CN)s1. The highest BCUT2D eigenvalue weighted by atomic mass is 32.1. The third kappa shape index (κ3) is 4.44. The molecule has 1 rings (SSSR count). The van der Waals surface area contributed by atoms with E-state index in [2.05, 4.69) is 25.7 Å². The van der Waals surface area contributed by atoms with E-state index in [1.807, 2.05) is 6.92 Å². The van der Waals surface area contributed by atoms with E-state index in [-0.39, 0.29) is 0 Å². The number of rotatable bonds is 9. The number of nitrogens with zero attached hydrogens (tertiary/aromatic N) is 2. The van der Waals surface area contributed by atoms with E-state index in [4.69, 9.17) is 15.5 Å². The fraction of sp³-hybridized carbons (Fsp3) is 0.786. The number of hydrogen-bond donors (Lipinski definition) is 1. The molecular formula is C14H27N3OS. The Morgan fingerprint density at radius 1 is 1.37 bits per heavy atom. The number of likely N-dealkylation sites (N-methyl/N-ethyl adjacent to an activating group) is 1. The van der Waals surface area contributed by atoms with Gasteiger partial charge < -0.3 is 15.4 Å². The highest BCUT2D eigenvalue weighted by molar-refractivity contribution is 7.15. The Balaban J connectivity index is 2.83. The Morgan fingerprint density at radius 2 is 2.11 bits per heavy atom. The van der Waals surface area contributed by atoms with Gasteiger partial charge >= 0.3 is 0 Å². The highest BCUT2D eigenvalue weighted by Crippen LogP contribution is 2.31. The summed E-state index contributed by atoms with van der Waals surface area (Å²) in [6, 6.07) is 0. The largest absolute Gasteiger partial charge is 0.380 e. The van der Waals surface area contributed by atoms with Crippen molar-refractivity contribution in [3.05, 3.63) is 10.6 Å². The zero-order valence-corrected chi connectivity index (χ0v) is 13.4. The Kier molecular flexibility index (Phi) is 7.34. The third-order valence-corrected chi connectivity index (χ3v) is 4.50. The average molecular weight is 285 g/mol. The van der Waals surface area contributed by atoms with E-state index in [0.717, 1.165) is 37.9 Å². The average Bonchev–Trinajstić information content (AvgIpc) is 2.86. The van der Waals surface area contributed by atoms with Gasteiger partial charge in [0.15, 0.2) is 5.13 Å². The lowest BCUT2D eigenvalue weighted by Crippen LogP contribution is -2.27. The molecule has 0 aliphatic heterocycles. The Hall–Kier alpha value is -0.650. The molecule has 4 nitrogen and oxygen atoms in total. The first-order valence-corrected chi connectivity index (χ1v) is 8.01. The molecule has 19 heavy (non-hydrogen) atoms. The monoisotopic (exact) mass is 285 g/mol. The zero-order chi connectivity index (χ0) is 14.3. The molecule has 0 amide bonds. The van der Waals surface area contributed by atoms with E-state index in [9.17, 15) is 0 Å². The predicted octanol–water partition coefficient (Wildman–Crippen LogP) is 2.98. The van der Waals surface area contributed by atoms with Crippen molar-refractivity contribution in [1.82, 2.24) is 4.98 Å². The summed E-state index contributed by atoms with van der Waals surface area (Å²) in [5, 5.41) is 1.08. The van der Waals surface area contributed by atoms with Crippen molar-refractivity contribution < 1.29 is 4.74 Å². The molecule has 1 atom stereocenters. The van der Waals surface area contributed by atoms with Gasteiger partial charge in [0.05, 0.1) is 12.3 Å². The fourth-order valence-corrected chi connectivity index (χ4v) is 3.07. The summed E-state index contributed by atoms with van der Waals surface area (Å²) in [5.41, 5.74) is 7.03.